The Bertz CT molecular complexity index is 781. The largest absolute Gasteiger partial charge is 0.497 e. The topological polar surface area (TPSA) is 55.8 Å². The predicted octanol–water partition coefficient (Wildman–Crippen LogP) is 4.63. The van der Waals surface area contributed by atoms with Crippen molar-refractivity contribution in [1.29, 1.82) is 0 Å². The van der Waals surface area contributed by atoms with E-state index in [1.54, 1.807) is 31.4 Å². The van der Waals surface area contributed by atoms with Crippen LogP contribution in [0.15, 0.2) is 42.5 Å². The number of carbonyl (C=O) groups is 1. The lowest BCUT2D eigenvalue weighted by Gasteiger charge is -2.19. The highest BCUT2D eigenvalue weighted by molar-refractivity contribution is 6.21. The Balaban J connectivity index is 2.52. The average molecular weight is 340 g/mol. The number of carboxylic acid groups (broad SMARTS) is 1. The Kier molecular flexibility index (Phi) is 5.52. The summed E-state index contributed by atoms with van der Waals surface area (Å²) in [6, 6.07) is 13.0. The monoisotopic (exact) mass is 340 g/mol. The van der Waals surface area contributed by atoms with Gasteiger partial charge in [-0.3, -0.25) is 0 Å². The molecule has 2 aromatic carbocycles. The van der Waals surface area contributed by atoms with Crippen LogP contribution in [-0.2, 0) is 10.2 Å². The normalized spacial score (nSPS) is 12.0. The Hall–Kier alpha value is -2.75. The molecule has 0 saturated heterocycles. The number of carboxylic acids is 1. The van der Waals surface area contributed by atoms with E-state index in [4.69, 9.17) is 9.47 Å². The molecule has 0 fully saturated rings. The molecule has 132 valence electrons. The summed E-state index contributed by atoms with van der Waals surface area (Å²) in [6.07, 6.45) is 1.64. The van der Waals surface area contributed by atoms with Crippen LogP contribution in [0, 0.1) is 0 Å². The maximum Gasteiger partial charge on any atom is 0.336 e. The minimum Gasteiger partial charge on any atom is -0.497 e. The lowest BCUT2D eigenvalue weighted by atomic mass is 9.86. The quantitative estimate of drug-likeness (QED) is 0.637. The minimum absolute atomic E-state index is 0.0495. The van der Waals surface area contributed by atoms with E-state index in [1.807, 2.05) is 24.3 Å². The molecule has 0 saturated carbocycles. The Morgan fingerprint density at radius 3 is 2.12 bits per heavy atom. The zero-order valence-corrected chi connectivity index (χ0v) is 15.3. The van der Waals surface area contributed by atoms with E-state index in [0.717, 1.165) is 5.56 Å². The van der Waals surface area contributed by atoms with E-state index in [9.17, 15) is 9.90 Å². The molecule has 4 nitrogen and oxygen atoms in total. The summed E-state index contributed by atoms with van der Waals surface area (Å²) in [5.41, 5.74) is 2.69. The van der Waals surface area contributed by atoms with Crippen molar-refractivity contribution in [3.05, 3.63) is 59.2 Å². The molecule has 0 unspecified atom stereocenters. The average Bonchev–Trinajstić information content (AvgIpc) is 2.58. The molecule has 2 rings (SSSR count). The van der Waals surface area contributed by atoms with Gasteiger partial charge in [-0.1, -0.05) is 45.0 Å². The predicted molar refractivity (Wildman–Crippen MR) is 100 cm³/mol. The van der Waals surface area contributed by atoms with Crippen molar-refractivity contribution in [3.63, 3.8) is 0 Å². The van der Waals surface area contributed by atoms with E-state index >= 15 is 0 Å². The molecule has 0 spiro atoms. The molecule has 4 heteroatoms. The van der Waals surface area contributed by atoms with Gasteiger partial charge in [0.15, 0.2) is 0 Å². The fraction of sp³-hybridized carbons (Fsp3) is 0.286. The fourth-order valence-electron chi connectivity index (χ4n) is 2.53. The molecule has 0 aliphatic carbocycles. The molecular weight excluding hydrogens is 316 g/mol. The van der Waals surface area contributed by atoms with Crippen LogP contribution in [-0.4, -0.2) is 25.3 Å². The number of methoxy groups -OCH3 is 2. The van der Waals surface area contributed by atoms with Crippen molar-refractivity contribution >= 4 is 17.6 Å². The molecular formula is C21H24O4. The standard InChI is InChI=1S/C21H24O4/c1-21(2,3)15-8-6-14(7-9-15)12-18(20(22)23)17-13-16(24-4)10-11-19(17)25-5/h6-13H,1-5H3,(H,22,23)/b18-12-. The molecule has 0 heterocycles. The first kappa shape index (κ1) is 18.6. The molecule has 25 heavy (non-hydrogen) atoms. The molecule has 2 aromatic rings. The third kappa shape index (κ3) is 4.41. The summed E-state index contributed by atoms with van der Waals surface area (Å²) in [4.78, 5) is 11.8. The molecule has 0 radical (unpaired) electrons. The van der Waals surface area contributed by atoms with Gasteiger partial charge in [-0.25, -0.2) is 4.79 Å². The fourth-order valence-corrected chi connectivity index (χ4v) is 2.53. The number of benzene rings is 2. The van der Waals surface area contributed by atoms with Gasteiger partial charge in [0.2, 0.25) is 0 Å². The van der Waals surface area contributed by atoms with Gasteiger partial charge in [0.1, 0.15) is 11.5 Å². The van der Waals surface area contributed by atoms with Crippen LogP contribution in [0.2, 0.25) is 0 Å². The molecule has 1 N–H and O–H groups in total. The van der Waals surface area contributed by atoms with Crippen LogP contribution in [0.4, 0.5) is 0 Å². The van der Waals surface area contributed by atoms with Gasteiger partial charge in [-0.05, 0) is 40.8 Å². The summed E-state index contributed by atoms with van der Waals surface area (Å²) in [5, 5.41) is 9.69. The summed E-state index contributed by atoms with van der Waals surface area (Å²) >= 11 is 0. The zero-order chi connectivity index (χ0) is 18.6. The number of hydrogen-bond donors (Lipinski definition) is 1. The highest BCUT2D eigenvalue weighted by Crippen LogP contribution is 2.32. The van der Waals surface area contributed by atoms with E-state index in [1.165, 1.54) is 12.7 Å². The van der Waals surface area contributed by atoms with Crippen LogP contribution >= 0.6 is 0 Å². The second-order valence-electron chi connectivity index (χ2n) is 6.80. The highest BCUT2D eigenvalue weighted by atomic mass is 16.5. The second-order valence-corrected chi connectivity index (χ2v) is 6.80. The number of rotatable bonds is 5. The Morgan fingerprint density at radius 2 is 1.64 bits per heavy atom. The first-order chi connectivity index (χ1) is 11.8. The SMILES string of the molecule is COc1ccc(OC)c(/C(=C/c2ccc(C(C)(C)C)cc2)C(=O)O)c1. The Labute approximate surface area is 148 Å². The van der Waals surface area contributed by atoms with Gasteiger partial charge in [0, 0.05) is 5.56 Å². The van der Waals surface area contributed by atoms with E-state index in [-0.39, 0.29) is 11.0 Å². The highest BCUT2D eigenvalue weighted by Gasteiger charge is 2.17. The third-order valence-electron chi connectivity index (χ3n) is 4.01. The maximum atomic E-state index is 11.8. The van der Waals surface area contributed by atoms with Crippen LogP contribution < -0.4 is 9.47 Å². The molecule has 0 amide bonds. The molecule has 0 atom stereocenters. The van der Waals surface area contributed by atoms with Crippen LogP contribution in [0.3, 0.4) is 0 Å². The number of aliphatic carboxylic acids is 1. The van der Waals surface area contributed by atoms with E-state index in [2.05, 4.69) is 20.8 Å². The third-order valence-corrected chi connectivity index (χ3v) is 4.01. The van der Waals surface area contributed by atoms with Gasteiger partial charge < -0.3 is 14.6 Å². The van der Waals surface area contributed by atoms with Gasteiger partial charge >= 0.3 is 5.97 Å². The maximum absolute atomic E-state index is 11.8. The number of ether oxygens (including phenoxy) is 2. The summed E-state index contributed by atoms with van der Waals surface area (Å²) < 4.78 is 10.5. The van der Waals surface area contributed by atoms with Gasteiger partial charge in [-0.15, -0.1) is 0 Å². The van der Waals surface area contributed by atoms with Crippen molar-refractivity contribution in [2.75, 3.05) is 14.2 Å². The zero-order valence-electron chi connectivity index (χ0n) is 15.3. The van der Waals surface area contributed by atoms with E-state index in [0.29, 0.717) is 17.1 Å². The smallest absolute Gasteiger partial charge is 0.336 e. The number of hydrogen-bond acceptors (Lipinski definition) is 3. The first-order valence-corrected chi connectivity index (χ1v) is 8.04. The van der Waals surface area contributed by atoms with Crippen LogP contribution in [0.25, 0.3) is 11.6 Å². The lowest BCUT2D eigenvalue weighted by Crippen LogP contribution is -2.10. The molecule has 0 aliphatic heterocycles. The van der Waals surface area contributed by atoms with Crippen molar-refractivity contribution in [1.82, 2.24) is 0 Å². The van der Waals surface area contributed by atoms with Crippen LogP contribution in [0.5, 0.6) is 11.5 Å². The van der Waals surface area contributed by atoms with Crippen molar-refractivity contribution in [2.24, 2.45) is 0 Å². The molecule has 0 bridgehead atoms. The van der Waals surface area contributed by atoms with E-state index < -0.39 is 5.97 Å². The minimum atomic E-state index is -1.02. The van der Waals surface area contributed by atoms with Gasteiger partial charge in [-0.2, -0.15) is 0 Å². The summed E-state index contributed by atoms with van der Waals surface area (Å²) in [5.74, 6) is 0.0400. The second kappa shape index (κ2) is 7.43. The first-order valence-electron chi connectivity index (χ1n) is 8.04. The van der Waals surface area contributed by atoms with Crippen molar-refractivity contribution < 1.29 is 19.4 Å². The summed E-state index contributed by atoms with van der Waals surface area (Å²) in [6.45, 7) is 6.42. The van der Waals surface area contributed by atoms with Crippen molar-refractivity contribution in [3.8, 4) is 11.5 Å². The lowest BCUT2D eigenvalue weighted by molar-refractivity contribution is -0.130. The Morgan fingerprint density at radius 1 is 1.00 bits per heavy atom. The summed E-state index contributed by atoms with van der Waals surface area (Å²) in [7, 11) is 3.06. The molecule has 0 aliphatic rings. The van der Waals surface area contributed by atoms with Crippen molar-refractivity contribution in [2.45, 2.75) is 26.2 Å². The molecule has 0 aromatic heterocycles. The van der Waals surface area contributed by atoms with Gasteiger partial charge in [0.25, 0.3) is 0 Å². The van der Waals surface area contributed by atoms with Crippen LogP contribution in [0.1, 0.15) is 37.5 Å². The van der Waals surface area contributed by atoms with Gasteiger partial charge in [0.05, 0.1) is 19.8 Å².